The van der Waals surface area contributed by atoms with E-state index in [4.69, 9.17) is 9.47 Å². The molecule has 0 bridgehead atoms. The van der Waals surface area contributed by atoms with E-state index in [2.05, 4.69) is 0 Å². The van der Waals surface area contributed by atoms with Crippen LogP contribution in [-0.2, 0) is 16.0 Å². The quantitative estimate of drug-likeness (QED) is 0.824. The summed E-state index contributed by atoms with van der Waals surface area (Å²) >= 11 is 0. The minimum atomic E-state index is -0.153. The van der Waals surface area contributed by atoms with Gasteiger partial charge in [-0.1, -0.05) is 30.3 Å². The SMILES string of the molecule is O=C(Cc1ccccc1)N1CC[C@]2(CC(=O)N(c3ccc4c(c3)OCO4)C2)C1. The topological polar surface area (TPSA) is 59.1 Å². The van der Waals surface area contributed by atoms with Crippen molar-refractivity contribution in [1.82, 2.24) is 4.90 Å². The van der Waals surface area contributed by atoms with Gasteiger partial charge in [0.15, 0.2) is 11.5 Å². The fraction of sp³-hybridized carbons (Fsp3) is 0.364. The van der Waals surface area contributed by atoms with Crippen LogP contribution in [0, 0.1) is 5.41 Å². The van der Waals surface area contributed by atoms with Gasteiger partial charge in [0.25, 0.3) is 0 Å². The van der Waals surface area contributed by atoms with Crippen molar-refractivity contribution in [2.75, 3.05) is 31.3 Å². The van der Waals surface area contributed by atoms with Gasteiger partial charge >= 0.3 is 0 Å². The molecule has 2 aromatic rings. The molecule has 3 heterocycles. The Bertz CT molecular complexity index is 929. The minimum absolute atomic E-state index is 0.108. The number of anilines is 1. The lowest BCUT2D eigenvalue weighted by Crippen LogP contribution is -2.34. The molecule has 6 nitrogen and oxygen atoms in total. The first-order valence-electron chi connectivity index (χ1n) is 9.64. The molecule has 3 aliphatic heterocycles. The number of hydrogen-bond acceptors (Lipinski definition) is 4. The Hall–Kier alpha value is -3.02. The van der Waals surface area contributed by atoms with Crippen molar-refractivity contribution in [3.8, 4) is 11.5 Å². The number of hydrogen-bond donors (Lipinski definition) is 0. The molecule has 0 N–H and O–H groups in total. The van der Waals surface area contributed by atoms with E-state index in [1.165, 1.54) is 0 Å². The van der Waals surface area contributed by atoms with E-state index in [1.807, 2.05) is 58.3 Å². The molecule has 0 saturated carbocycles. The Morgan fingerprint density at radius 1 is 1.04 bits per heavy atom. The predicted octanol–water partition coefficient (Wildman–Crippen LogP) is 2.61. The molecule has 2 fully saturated rings. The normalized spacial score (nSPS) is 23.1. The van der Waals surface area contributed by atoms with Crippen molar-refractivity contribution in [3.05, 3.63) is 54.1 Å². The second kappa shape index (κ2) is 6.55. The molecule has 2 saturated heterocycles. The first-order valence-corrected chi connectivity index (χ1v) is 9.64. The second-order valence-electron chi connectivity index (χ2n) is 7.92. The maximum absolute atomic E-state index is 12.8. The number of likely N-dealkylation sites (tertiary alicyclic amines) is 1. The number of amides is 2. The summed E-state index contributed by atoms with van der Waals surface area (Å²) in [4.78, 5) is 29.2. The lowest BCUT2D eigenvalue weighted by atomic mass is 9.86. The largest absolute Gasteiger partial charge is 0.454 e. The fourth-order valence-electron chi connectivity index (χ4n) is 4.49. The molecule has 2 amide bonds. The van der Waals surface area contributed by atoms with E-state index in [-0.39, 0.29) is 24.0 Å². The molecule has 1 spiro atoms. The molecule has 1 atom stereocenters. The Labute approximate surface area is 163 Å². The summed E-state index contributed by atoms with van der Waals surface area (Å²) in [6, 6.07) is 15.4. The van der Waals surface area contributed by atoms with Gasteiger partial charge in [-0.15, -0.1) is 0 Å². The number of nitrogens with zero attached hydrogens (tertiary/aromatic N) is 2. The van der Waals surface area contributed by atoms with Gasteiger partial charge in [-0.05, 0) is 24.1 Å². The van der Waals surface area contributed by atoms with Crippen molar-refractivity contribution < 1.29 is 19.1 Å². The van der Waals surface area contributed by atoms with E-state index in [1.54, 1.807) is 0 Å². The van der Waals surface area contributed by atoms with Crippen LogP contribution < -0.4 is 14.4 Å². The average molecular weight is 378 g/mol. The van der Waals surface area contributed by atoms with Crippen LogP contribution in [0.5, 0.6) is 11.5 Å². The maximum atomic E-state index is 12.8. The monoisotopic (exact) mass is 378 g/mol. The van der Waals surface area contributed by atoms with Crippen LogP contribution >= 0.6 is 0 Å². The minimum Gasteiger partial charge on any atom is -0.454 e. The average Bonchev–Trinajstić information content (AvgIpc) is 3.41. The van der Waals surface area contributed by atoms with Gasteiger partial charge in [-0.25, -0.2) is 0 Å². The Kier molecular flexibility index (Phi) is 4.00. The highest BCUT2D eigenvalue weighted by Gasteiger charge is 2.48. The van der Waals surface area contributed by atoms with E-state index >= 15 is 0 Å². The first-order chi connectivity index (χ1) is 13.6. The Balaban J connectivity index is 1.28. The van der Waals surface area contributed by atoms with Crippen LogP contribution in [0.15, 0.2) is 48.5 Å². The molecule has 0 aliphatic carbocycles. The highest BCUT2D eigenvalue weighted by molar-refractivity contribution is 5.97. The van der Waals surface area contributed by atoms with Gasteiger partial charge in [-0.2, -0.15) is 0 Å². The smallest absolute Gasteiger partial charge is 0.231 e. The molecule has 2 aromatic carbocycles. The molecule has 0 aromatic heterocycles. The van der Waals surface area contributed by atoms with Gasteiger partial charge in [0, 0.05) is 43.2 Å². The van der Waals surface area contributed by atoms with Crippen LogP contribution in [0.2, 0.25) is 0 Å². The van der Waals surface area contributed by atoms with Gasteiger partial charge < -0.3 is 19.3 Å². The van der Waals surface area contributed by atoms with Crippen LogP contribution in [0.3, 0.4) is 0 Å². The van der Waals surface area contributed by atoms with E-state index < -0.39 is 0 Å². The van der Waals surface area contributed by atoms with Crippen LogP contribution in [0.1, 0.15) is 18.4 Å². The van der Waals surface area contributed by atoms with E-state index in [9.17, 15) is 9.59 Å². The second-order valence-corrected chi connectivity index (χ2v) is 7.92. The zero-order chi connectivity index (χ0) is 19.1. The predicted molar refractivity (Wildman–Crippen MR) is 103 cm³/mol. The summed E-state index contributed by atoms with van der Waals surface area (Å²) in [7, 11) is 0. The third-order valence-corrected chi connectivity index (χ3v) is 5.98. The summed E-state index contributed by atoms with van der Waals surface area (Å²) in [5.41, 5.74) is 1.71. The highest BCUT2D eigenvalue weighted by Crippen LogP contribution is 2.44. The maximum Gasteiger partial charge on any atom is 0.231 e. The van der Waals surface area contributed by atoms with Gasteiger partial charge in [-0.3, -0.25) is 9.59 Å². The van der Waals surface area contributed by atoms with Crippen molar-refractivity contribution in [2.24, 2.45) is 5.41 Å². The summed E-state index contributed by atoms with van der Waals surface area (Å²) in [6.45, 7) is 2.22. The van der Waals surface area contributed by atoms with Crippen molar-refractivity contribution >= 4 is 17.5 Å². The van der Waals surface area contributed by atoms with Gasteiger partial charge in [0.05, 0.1) is 6.42 Å². The number of carbonyl (C=O) groups excluding carboxylic acids is 2. The number of benzene rings is 2. The fourth-order valence-corrected chi connectivity index (χ4v) is 4.49. The van der Waals surface area contributed by atoms with Crippen molar-refractivity contribution in [3.63, 3.8) is 0 Å². The molecule has 28 heavy (non-hydrogen) atoms. The standard InChI is InChI=1S/C22H22N2O4/c25-20(10-16-4-2-1-3-5-16)23-9-8-22(13-23)12-21(26)24(14-22)17-6-7-18-19(11-17)28-15-27-18/h1-7,11H,8-10,12-15H2/t22-/m0/s1. The first kappa shape index (κ1) is 17.1. The van der Waals surface area contributed by atoms with E-state index in [0.29, 0.717) is 44.0 Å². The number of ether oxygens (including phenoxy) is 2. The van der Waals surface area contributed by atoms with E-state index in [0.717, 1.165) is 17.7 Å². The summed E-state index contributed by atoms with van der Waals surface area (Å²) in [5, 5.41) is 0. The molecule has 0 unspecified atom stereocenters. The molecule has 3 aliphatic rings. The van der Waals surface area contributed by atoms with Crippen molar-refractivity contribution in [1.29, 1.82) is 0 Å². The summed E-state index contributed by atoms with van der Waals surface area (Å²) in [6.07, 6.45) is 1.76. The van der Waals surface area contributed by atoms with Crippen LogP contribution in [0.25, 0.3) is 0 Å². The van der Waals surface area contributed by atoms with Crippen LogP contribution in [0.4, 0.5) is 5.69 Å². The molecule has 5 rings (SSSR count). The third kappa shape index (κ3) is 2.99. The lowest BCUT2D eigenvalue weighted by Gasteiger charge is -2.24. The molecule has 6 heteroatoms. The third-order valence-electron chi connectivity index (χ3n) is 5.98. The molecule has 144 valence electrons. The van der Waals surface area contributed by atoms with Gasteiger partial charge in [0.2, 0.25) is 18.6 Å². The number of rotatable bonds is 3. The molecule has 0 radical (unpaired) electrons. The van der Waals surface area contributed by atoms with Gasteiger partial charge in [0.1, 0.15) is 0 Å². The van der Waals surface area contributed by atoms with Crippen LogP contribution in [-0.4, -0.2) is 43.1 Å². The highest BCUT2D eigenvalue weighted by atomic mass is 16.7. The molecular formula is C22H22N2O4. The number of fused-ring (bicyclic) bond motifs is 1. The number of carbonyl (C=O) groups is 2. The lowest BCUT2D eigenvalue weighted by molar-refractivity contribution is -0.130. The van der Waals surface area contributed by atoms with Crippen molar-refractivity contribution in [2.45, 2.75) is 19.3 Å². The zero-order valence-electron chi connectivity index (χ0n) is 15.6. The zero-order valence-corrected chi connectivity index (χ0v) is 15.6. The summed E-state index contributed by atoms with van der Waals surface area (Å²) < 4.78 is 10.8. The Morgan fingerprint density at radius 3 is 2.71 bits per heavy atom. The summed E-state index contributed by atoms with van der Waals surface area (Å²) in [5.74, 6) is 1.63. The Morgan fingerprint density at radius 2 is 1.86 bits per heavy atom. The molecular weight excluding hydrogens is 356 g/mol.